The smallest absolute Gasteiger partial charge is 0.326 e. The summed E-state index contributed by atoms with van der Waals surface area (Å²) in [4.78, 5) is 23.1. The molecule has 0 spiro atoms. The third-order valence-corrected chi connectivity index (χ3v) is 2.74. The molecule has 0 aliphatic rings. The average Bonchev–Trinajstić information content (AvgIpc) is 2.17. The Balaban J connectivity index is 3.12. The number of urea groups is 1. The molecule has 0 radical (unpaired) electrons. The van der Waals surface area contributed by atoms with Gasteiger partial charge in [0.2, 0.25) is 0 Å². The van der Waals surface area contributed by atoms with Crippen molar-refractivity contribution >= 4 is 40.3 Å². The van der Waals surface area contributed by atoms with Gasteiger partial charge in [0.05, 0.1) is 0 Å². The Morgan fingerprint density at radius 3 is 2.56 bits per heavy atom. The van der Waals surface area contributed by atoms with Gasteiger partial charge >= 0.3 is 12.0 Å². The van der Waals surface area contributed by atoms with E-state index in [9.17, 15) is 9.59 Å². The fraction of sp³-hybridized carbons (Fsp3) is 0.200. The Bertz CT molecular complexity index is 422. The van der Waals surface area contributed by atoms with E-state index in [1.165, 1.54) is 6.92 Å². The molecule has 86 valence electrons. The molecule has 0 heterocycles. The number of amides is 2. The van der Waals surface area contributed by atoms with Crippen molar-refractivity contribution < 1.29 is 14.7 Å². The molecule has 6 heteroatoms. The summed E-state index contributed by atoms with van der Waals surface area (Å²) in [6.07, 6.45) is 0. The number of halogens is 1. The molecule has 1 atom stereocenters. The van der Waals surface area contributed by atoms with Crippen LogP contribution in [0.1, 0.15) is 6.92 Å². The summed E-state index contributed by atoms with van der Waals surface area (Å²) in [5.41, 5.74) is 5.66. The third kappa shape index (κ3) is 2.84. The summed E-state index contributed by atoms with van der Waals surface area (Å²) in [5, 5.41) is 8.88. The van der Waals surface area contributed by atoms with Crippen molar-refractivity contribution in [3.8, 4) is 0 Å². The Labute approximate surface area is 106 Å². The summed E-state index contributed by atoms with van der Waals surface area (Å²) in [5.74, 6) is -1.10. The molecule has 2 amide bonds. The summed E-state index contributed by atoms with van der Waals surface area (Å²) < 4.78 is 0.902. The number of aliphatic carboxylic acids is 1. The minimum Gasteiger partial charge on any atom is -0.480 e. The number of benzene rings is 1. The number of carboxylic acids is 1. The number of hydrogen-bond donors (Lipinski definition) is 2. The second kappa shape index (κ2) is 5.15. The number of hydrogen-bond acceptors (Lipinski definition) is 2. The van der Waals surface area contributed by atoms with Crippen molar-refractivity contribution in [2.75, 3.05) is 4.90 Å². The first-order valence-electron chi connectivity index (χ1n) is 4.50. The fourth-order valence-electron chi connectivity index (χ4n) is 1.28. The van der Waals surface area contributed by atoms with Gasteiger partial charge in [0, 0.05) is 9.26 Å². The zero-order valence-electron chi connectivity index (χ0n) is 8.55. The molecule has 16 heavy (non-hydrogen) atoms. The molecule has 3 N–H and O–H groups in total. The molecule has 1 rings (SSSR count). The molecule has 1 aromatic rings. The molecule has 0 aliphatic carbocycles. The molecule has 0 bridgehead atoms. The lowest BCUT2D eigenvalue weighted by Gasteiger charge is -2.24. The first-order valence-corrected chi connectivity index (χ1v) is 5.58. The lowest BCUT2D eigenvalue weighted by Crippen LogP contribution is -2.46. The molecule has 0 aliphatic heterocycles. The predicted molar refractivity (Wildman–Crippen MR) is 68.3 cm³/mol. The van der Waals surface area contributed by atoms with Crippen LogP contribution in [0.15, 0.2) is 24.3 Å². The number of rotatable bonds is 3. The number of nitrogens with two attached hydrogens (primary N) is 1. The van der Waals surface area contributed by atoms with Crippen LogP contribution in [0.3, 0.4) is 0 Å². The van der Waals surface area contributed by atoms with Crippen LogP contribution in [0.4, 0.5) is 10.5 Å². The van der Waals surface area contributed by atoms with E-state index < -0.39 is 18.0 Å². The molecule has 0 aromatic heterocycles. The highest BCUT2D eigenvalue weighted by Crippen LogP contribution is 2.19. The van der Waals surface area contributed by atoms with Gasteiger partial charge in [-0.05, 0) is 47.7 Å². The topological polar surface area (TPSA) is 83.6 Å². The zero-order chi connectivity index (χ0) is 12.3. The highest BCUT2D eigenvalue weighted by atomic mass is 127. The van der Waals surface area contributed by atoms with Crippen LogP contribution in [-0.4, -0.2) is 23.1 Å². The van der Waals surface area contributed by atoms with Crippen LogP contribution in [0.5, 0.6) is 0 Å². The fourth-order valence-corrected chi connectivity index (χ4v) is 1.80. The number of carbonyl (C=O) groups excluding carboxylic acids is 1. The van der Waals surface area contributed by atoms with Gasteiger partial charge in [-0.15, -0.1) is 0 Å². The van der Waals surface area contributed by atoms with Gasteiger partial charge in [-0.3, -0.25) is 4.90 Å². The van der Waals surface area contributed by atoms with E-state index in [4.69, 9.17) is 10.8 Å². The van der Waals surface area contributed by atoms with Crippen LogP contribution in [-0.2, 0) is 4.79 Å². The van der Waals surface area contributed by atoms with E-state index in [-0.39, 0.29) is 0 Å². The monoisotopic (exact) mass is 334 g/mol. The van der Waals surface area contributed by atoms with E-state index in [1.54, 1.807) is 18.2 Å². The number of nitrogens with zero attached hydrogens (tertiary/aromatic N) is 1. The summed E-state index contributed by atoms with van der Waals surface area (Å²) in [6, 6.07) is 5.15. The second-order valence-electron chi connectivity index (χ2n) is 3.20. The Kier molecular flexibility index (Phi) is 4.11. The number of anilines is 1. The van der Waals surface area contributed by atoms with Crippen LogP contribution in [0.25, 0.3) is 0 Å². The maximum Gasteiger partial charge on any atom is 0.326 e. The Morgan fingerprint density at radius 1 is 1.50 bits per heavy atom. The first kappa shape index (κ1) is 12.8. The summed E-state index contributed by atoms with van der Waals surface area (Å²) >= 11 is 2.08. The Hall–Kier alpha value is -1.31. The summed E-state index contributed by atoms with van der Waals surface area (Å²) in [7, 11) is 0. The molecular weight excluding hydrogens is 323 g/mol. The number of carboxylic acid groups (broad SMARTS) is 1. The quantitative estimate of drug-likeness (QED) is 0.825. The lowest BCUT2D eigenvalue weighted by molar-refractivity contribution is -0.138. The molecule has 0 fully saturated rings. The van der Waals surface area contributed by atoms with Gasteiger partial charge in [-0.1, -0.05) is 6.07 Å². The van der Waals surface area contributed by atoms with Crippen molar-refractivity contribution in [1.82, 2.24) is 0 Å². The molecule has 1 aromatic carbocycles. The van der Waals surface area contributed by atoms with Gasteiger partial charge in [0.1, 0.15) is 6.04 Å². The van der Waals surface area contributed by atoms with Gasteiger partial charge in [0.15, 0.2) is 0 Å². The molecular formula is C10H11IN2O3. The van der Waals surface area contributed by atoms with Crippen LogP contribution in [0.2, 0.25) is 0 Å². The predicted octanol–water partition coefficient (Wildman–Crippen LogP) is 1.65. The molecule has 5 nitrogen and oxygen atoms in total. The van der Waals surface area contributed by atoms with E-state index in [0.29, 0.717) is 5.69 Å². The zero-order valence-corrected chi connectivity index (χ0v) is 10.7. The molecule has 0 saturated carbocycles. The van der Waals surface area contributed by atoms with Gasteiger partial charge in [-0.2, -0.15) is 0 Å². The minimum atomic E-state index is -1.10. The number of primary amides is 1. The maximum atomic E-state index is 11.2. The first-order chi connectivity index (χ1) is 7.43. The van der Waals surface area contributed by atoms with Gasteiger partial charge < -0.3 is 10.8 Å². The SMILES string of the molecule is C[C@@H](C(=O)O)N(C(N)=O)c1cccc(I)c1. The minimum absolute atomic E-state index is 0.481. The van der Waals surface area contributed by atoms with Crippen LogP contribution in [0, 0.1) is 3.57 Å². The standard InChI is InChI=1S/C10H11IN2O3/c1-6(9(14)15)13(10(12)16)8-4-2-3-7(11)5-8/h2-6H,1H3,(H2,12,16)(H,14,15)/t6-/m0/s1. The van der Waals surface area contributed by atoms with E-state index in [0.717, 1.165) is 8.47 Å². The van der Waals surface area contributed by atoms with Crippen LogP contribution < -0.4 is 10.6 Å². The van der Waals surface area contributed by atoms with Crippen molar-refractivity contribution in [2.24, 2.45) is 5.73 Å². The summed E-state index contributed by atoms with van der Waals surface area (Å²) in [6.45, 7) is 1.41. The normalized spacial score (nSPS) is 11.9. The van der Waals surface area contributed by atoms with Crippen molar-refractivity contribution in [3.63, 3.8) is 0 Å². The van der Waals surface area contributed by atoms with Gasteiger partial charge in [-0.25, -0.2) is 9.59 Å². The maximum absolute atomic E-state index is 11.2. The average molecular weight is 334 g/mol. The van der Waals surface area contributed by atoms with Crippen molar-refractivity contribution in [1.29, 1.82) is 0 Å². The van der Waals surface area contributed by atoms with E-state index in [2.05, 4.69) is 22.6 Å². The van der Waals surface area contributed by atoms with E-state index >= 15 is 0 Å². The largest absolute Gasteiger partial charge is 0.480 e. The third-order valence-electron chi connectivity index (χ3n) is 2.07. The van der Waals surface area contributed by atoms with E-state index in [1.807, 2.05) is 6.07 Å². The number of carbonyl (C=O) groups is 2. The molecule has 0 unspecified atom stereocenters. The second-order valence-corrected chi connectivity index (χ2v) is 4.45. The lowest BCUT2D eigenvalue weighted by atomic mass is 10.2. The van der Waals surface area contributed by atoms with Crippen LogP contribution >= 0.6 is 22.6 Å². The molecule has 0 saturated heterocycles. The van der Waals surface area contributed by atoms with Crippen molar-refractivity contribution in [2.45, 2.75) is 13.0 Å². The van der Waals surface area contributed by atoms with Crippen molar-refractivity contribution in [3.05, 3.63) is 27.8 Å². The van der Waals surface area contributed by atoms with Gasteiger partial charge in [0.25, 0.3) is 0 Å². The Morgan fingerprint density at radius 2 is 2.12 bits per heavy atom. The highest BCUT2D eigenvalue weighted by molar-refractivity contribution is 14.1. The highest BCUT2D eigenvalue weighted by Gasteiger charge is 2.25.